The van der Waals surface area contributed by atoms with Gasteiger partial charge in [0.2, 0.25) is 0 Å². The standard InChI is InChI=1S/C17H24ClNO/c1-3-19-11-17(2,14-4-5-14)10-13-9-15(18)8-12-6-7-20-16(12)13/h8-9,14,19H,3-7,10-11H2,1-2H3. The van der Waals surface area contributed by atoms with Gasteiger partial charge in [-0.25, -0.2) is 0 Å². The molecule has 1 unspecified atom stereocenters. The zero-order chi connectivity index (χ0) is 14.2. The second-order valence-corrected chi connectivity index (χ2v) is 6.97. The molecule has 110 valence electrons. The van der Waals surface area contributed by atoms with Gasteiger partial charge >= 0.3 is 0 Å². The molecule has 1 fully saturated rings. The first-order valence-corrected chi connectivity index (χ1v) is 8.15. The van der Waals surface area contributed by atoms with E-state index in [0.29, 0.717) is 5.41 Å². The van der Waals surface area contributed by atoms with E-state index < -0.39 is 0 Å². The van der Waals surface area contributed by atoms with Gasteiger partial charge in [0.05, 0.1) is 6.61 Å². The zero-order valence-electron chi connectivity index (χ0n) is 12.5. The van der Waals surface area contributed by atoms with Crippen molar-refractivity contribution in [1.29, 1.82) is 0 Å². The predicted molar refractivity (Wildman–Crippen MR) is 83.7 cm³/mol. The summed E-state index contributed by atoms with van der Waals surface area (Å²) in [5, 5.41) is 4.39. The summed E-state index contributed by atoms with van der Waals surface area (Å²) in [6.07, 6.45) is 4.79. The molecule has 1 N–H and O–H groups in total. The van der Waals surface area contributed by atoms with Gasteiger partial charge in [-0.3, -0.25) is 0 Å². The lowest BCUT2D eigenvalue weighted by Crippen LogP contribution is -2.35. The lowest BCUT2D eigenvalue weighted by atomic mass is 9.78. The third-order valence-corrected chi connectivity index (χ3v) is 4.98. The van der Waals surface area contributed by atoms with Crippen molar-refractivity contribution >= 4 is 11.6 Å². The molecule has 2 nitrogen and oxygen atoms in total. The van der Waals surface area contributed by atoms with Crippen LogP contribution in [0.2, 0.25) is 5.02 Å². The van der Waals surface area contributed by atoms with E-state index in [1.54, 1.807) is 0 Å². The van der Waals surface area contributed by atoms with Crippen molar-refractivity contribution in [2.24, 2.45) is 11.3 Å². The van der Waals surface area contributed by atoms with Gasteiger partial charge in [0.25, 0.3) is 0 Å². The first-order chi connectivity index (χ1) is 9.62. The molecule has 0 bridgehead atoms. The molecular weight excluding hydrogens is 270 g/mol. The molecule has 1 heterocycles. The van der Waals surface area contributed by atoms with Crippen LogP contribution in [0.15, 0.2) is 12.1 Å². The molecule has 3 heteroatoms. The fourth-order valence-corrected chi connectivity index (χ4v) is 3.72. The Morgan fingerprint density at radius 2 is 2.20 bits per heavy atom. The number of fused-ring (bicyclic) bond motifs is 1. The summed E-state index contributed by atoms with van der Waals surface area (Å²) >= 11 is 6.29. The number of ether oxygens (including phenoxy) is 1. The van der Waals surface area contributed by atoms with E-state index in [1.165, 1.54) is 24.0 Å². The fraction of sp³-hybridized carbons (Fsp3) is 0.647. The Kier molecular flexibility index (Phi) is 3.96. The summed E-state index contributed by atoms with van der Waals surface area (Å²) < 4.78 is 5.86. The minimum Gasteiger partial charge on any atom is -0.493 e. The minimum absolute atomic E-state index is 0.320. The third kappa shape index (κ3) is 2.82. The van der Waals surface area contributed by atoms with Crippen LogP contribution in [0.3, 0.4) is 0 Å². The zero-order valence-corrected chi connectivity index (χ0v) is 13.2. The lowest BCUT2D eigenvalue weighted by molar-refractivity contribution is 0.253. The second kappa shape index (κ2) is 5.57. The Bertz CT molecular complexity index is 498. The van der Waals surface area contributed by atoms with Crippen LogP contribution in [0.5, 0.6) is 5.75 Å². The Hall–Kier alpha value is -0.730. The molecule has 0 spiro atoms. The minimum atomic E-state index is 0.320. The maximum Gasteiger partial charge on any atom is 0.125 e. The Labute approximate surface area is 126 Å². The summed E-state index contributed by atoms with van der Waals surface area (Å²) in [6.45, 7) is 7.50. The normalized spacial score (nSPS) is 20.4. The highest BCUT2D eigenvalue weighted by atomic mass is 35.5. The SMILES string of the molecule is CCNCC(C)(Cc1cc(Cl)cc2c1OCC2)C1CC1. The van der Waals surface area contributed by atoms with E-state index in [0.717, 1.165) is 49.2 Å². The molecule has 1 aromatic rings. The molecule has 1 aliphatic carbocycles. The maximum atomic E-state index is 6.29. The molecule has 0 amide bonds. The average Bonchev–Trinajstić information content (AvgIpc) is 3.17. The maximum absolute atomic E-state index is 6.29. The number of hydrogen-bond acceptors (Lipinski definition) is 2. The quantitative estimate of drug-likeness (QED) is 0.860. The molecule has 1 aliphatic heterocycles. The van der Waals surface area contributed by atoms with Gasteiger partial charge in [0, 0.05) is 18.0 Å². The number of nitrogens with one attached hydrogen (secondary N) is 1. The average molecular weight is 294 g/mol. The van der Waals surface area contributed by atoms with Crippen molar-refractivity contribution in [3.8, 4) is 5.75 Å². The van der Waals surface area contributed by atoms with Crippen LogP contribution in [0.25, 0.3) is 0 Å². The van der Waals surface area contributed by atoms with Gasteiger partial charge in [-0.1, -0.05) is 25.4 Å². The smallest absolute Gasteiger partial charge is 0.125 e. The van der Waals surface area contributed by atoms with Gasteiger partial charge in [-0.05, 0) is 60.4 Å². The number of halogens is 1. The lowest BCUT2D eigenvalue weighted by Gasteiger charge is -2.31. The summed E-state index contributed by atoms with van der Waals surface area (Å²) in [6, 6.07) is 4.17. The monoisotopic (exact) mass is 293 g/mol. The van der Waals surface area contributed by atoms with Crippen LogP contribution in [0, 0.1) is 11.3 Å². The van der Waals surface area contributed by atoms with E-state index in [9.17, 15) is 0 Å². The molecule has 20 heavy (non-hydrogen) atoms. The number of hydrogen-bond donors (Lipinski definition) is 1. The van der Waals surface area contributed by atoms with Crippen LogP contribution in [-0.2, 0) is 12.8 Å². The van der Waals surface area contributed by atoms with Crippen molar-refractivity contribution < 1.29 is 4.74 Å². The molecule has 3 rings (SSSR count). The molecule has 2 aliphatic rings. The van der Waals surface area contributed by atoms with Crippen LogP contribution in [0.4, 0.5) is 0 Å². The predicted octanol–water partition coefficient (Wildman–Crippen LogP) is 3.84. The molecule has 0 saturated heterocycles. The Morgan fingerprint density at radius 1 is 1.40 bits per heavy atom. The van der Waals surface area contributed by atoms with E-state index in [2.05, 4.69) is 31.3 Å². The summed E-state index contributed by atoms with van der Waals surface area (Å²) in [7, 11) is 0. The molecule has 1 aromatic carbocycles. The highest BCUT2D eigenvalue weighted by Crippen LogP contribution is 2.48. The van der Waals surface area contributed by atoms with Gasteiger partial charge in [0.15, 0.2) is 0 Å². The van der Waals surface area contributed by atoms with Gasteiger partial charge in [-0.15, -0.1) is 0 Å². The fourth-order valence-electron chi connectivity index (χ4n) is 3.45. The van der Waals surface area contributed by atoms with E-state index in [4.69, 9.17) is 16.3 Å². The van der Waals surface area contributed by atoms with Gasteiger partial charge < -0.3 is 10.1 Å². The Balaban J connectivity index is 1.85. The number of rotatable bonds is 6. The highest BCUT2D eigenvalue weighted by Gasteiger charge is 2.41. The Morgan fingerprint density at radius 3 is 2.90 bits per heavy atom. The van der Waals surface area contributed by atoms with Crippen molar-refractivity contribution in [1.82, 2.24) is 5.32 Å². The van der Waals surface area contributed by atoms with Crippen LogP contribution in [-0.4, -0.2) is 19.7 Å². The van der Waals surface area contributed by atoms with Crippen LogP contribution < -0.4 is 10.1 Å². The third-order valence-electron chi connectivity index (χ3n) is 4.76. The van der Waals surface area contributed by atoms with E-state index in [1.807, 2.05) is 0 Å². The molecule has 1 atom stereocenters. The molecule has 1 saturated carbocycles. The molecular formula is C17H24ClNO. The van der Waals surface area contributed by atoms with Gasteiger partial charge in [-0.2, -0.15) is 0 Å². The van der Waals surface area contributed by atoms with Crippen molar-refractivity contribution in [2.45, 2.75) is 39.5 Å². The second-order valence-electron chi connectivity index (χ2n) is 6.54. The topological polar surface area (TPSA) is 21.3 Å². The van der Waals surface area contributed by atoms with Crippen molar-refractivity contribution in [3.63, 3.8) is 0 Å². The van der Waals surface area contributed by atoms with Crippen LogP contribution in [0.1, 0.15) is 37.8 Å². The molecule has 0 aromatic heterocycles. The molecule has 0 radical (unpaired) electrons. The first-order valence-electron chi connectivity index (χ1n) is 7.77. The highest BCUT2D eigenvalue weighted by molar-refractivity contribution is 6.30. The largest absolute Gasteiger partial charge is 0.493 e. The van der Waals surface area contributed by atoms with Crippen molar-refractivity contribution in [3.05, 3.63) is 28.3 Å². The van der Waals surface area contributed by atoms with E-state index in [-0.39, 0.29) is 0 Å². The summed E-state index contributed by atoms with van der Waals surface area (Å²) in [5.41, 5.74) is 2.91. The van der Waals surface area contributed by atoms with Gasteiger partial charge in [0.1, 0.15) is 5.75 Å². The number of benzene rings is 1. The van der Waals surface area contributed by atoms with Crippen LogP contribution >= 0.6 is 11.6 Å². The summed E-state index contributed by atoms with van der Waals surface area (Å²) in [5.74, 6) is 1.95. The summed E-state index contributed by atoms with van der Waals surface area (Å²) in [4.78, 5) is 0. The first kappa shape index (κ1) is 14.2. The van der Waals surface area contributed by atoms with E-state index >= 15 is 0 Å². The van der Waals surface area contributed by atoms with Crippen molar-refractivity contribution in [2.75, 3.05) is 19.7 Å².